The van der Waals surface area contributed by atoms with Gasteiger partial charge in [0.2, 0.25) is 0 Å². The molecule has 15 heavy (non-hydrogen) atoms. The van der Waals surface area contributed by atoms with Crippen molar-refractivity contribution in [2.75, 3.05) is 5.73 Å². The van der Waals surface area contributed by atoms with Crippen molar-refractivity contribution in [1.29, 1.82) is 0 Å². The van der Waals surface area contributed by atoms with Crippen molar-refractivity contribution in [1.82, 2.24) is 0 Å². The topological polar surface area (TPSA) is 26.0 Å². The summed E-state index contributed by atoms with van der Waals surface area (Å²) in [5.41, 5.74) is 22.8. The summed E-state index contributed by atoms with van der Waals surface area (Å²) in [7, 11) is 0. The summed E-state index contributed by atoms with van der Waals surface area (Å²) in [5, 5.41) is 0. The molecule has 0 atom stereocenters. The molecule has 0 aliphatic rings. The fourth-order valence-electron chi connectivity index (χ4n) is 0.854. The van der Waals surface area contributed by atoms with Crippen molar-refractivity contribution < 1.29 is 0 Å². The van der Waals surface area contributed by atoms with Crippen LogP contribution in [0.4, 0.5) is 5.69 Å². The lowest BCUT2D eigenvalue weighted by Crippen LogP contribution is -1.82. The highest BCUT2D eigenvalue weighted by molar-refractivity contribution is 5.52. The highest BCUT2D eigenvalue weighted by Gasteiger charge is 1.84. The number of hydrogen-bond acceptors (Lipinski definition) is 1. The number of benzene rings is 1. The fourth-order valence-corrected chi connectivity index (χ4v) is 0.854. The molecule has 0 saturated carbocycles. The van der Waals surface area contributed by atoms with E-state index in [-0.39, 0.29) is 0 Å². The van der Waals surface area contributed by atoms with Crippen LogP contribution in [0, 0.1) is 0 Å². The first-order valence-corrected chi connectivity index (χ1v) is 4.29. The van der Waals surface area contributed by atoms with Gasteiger partial charge < -0.3 is 5.73 Å². The first-order chi connectivity index (χ1) is 7.33. The summed E-state index contributed by atoms with van der Waals surface area (Å²) < 4.78 is 0. The Labute approximate surface area is 88.9 Å². The molecule has 0 amide bonds. The van der Waals surface area contributed by atoms with E-state index in [4.69, 9.17) is 5.73 Å². The Hall–Kier alpha value is -2.56. The van der Waals surface area contributed by atoms with Crippen molar-refractivity contribution in [3.8, 4) is 0 Å². The average Bonchev–Trinajstić information content (AvgIpc) is 2.26. The molecule has 0 aliphatic carbocycles. The summed E-state index contributed by atoms with van der Waals surface area (Å²) in [6.07, 6.45) is 1.77. The minimum Gasteiger partial charge on any atom is -0.399 e. The van der Waals surface area contributed by atoms with Crippen molar-refractivity contribution in [3.05, 3.63) is 70.8 Å². The van der Waals surface area contributed by atoms with E-state index in [1.807, 2.05) is 24.3 Å². The van der Waals surface area contributed by atoms with E-state index in [1.54, 1.807) is 6.08 Å². The molecule has 0 bridgehead atoms. The van der Waals surface area contributed by atoms with Crippen LogP contribution >= 0.6 is 0 Å². The van der Waals surface area contributed by atoms with Gasteiger partial charge in [-0.15, -0.1) is 0 Å². The zero-order valence-electron chi connectivity index (χ0n) is 8.17. The number of anilines is 1. The van der Waals surface area contributed by atoms with Crippen LogP contribution in [0.25, 0.3) is 6.08 Å². The van der Waals surface area contributed by atoms with Crippen LogP contribution in [0.15, 0.2) is 65.2 Å². The van der Waals surface area contributed by atoms with Gasteiger partial charge >= 0.3 is 0 Å². The van der Waals surface area contributed by atoms with Gasteiger partial charge in [-0.3, -0.25) is 0 Å². The van der Waals surface area contributed by atoms with Gasteiger partial charge in [0.25, 0.3) is 0 Å². The van der Waals surface area contributed by atoms with Crippen LogP contribution in [0.5, 0.6) is 0 Å². The molecule has 0 aliphatic heterocycles. The largest absolute Gasteiger partial charge is 0.399 e. The van der Waals surface area contributed by atoms with Crippen molar-refractivity contribution in [3.63, 3.8) is 0 Å². The maximum atomic E-state index is 5.54. The molecule has 0 radical (unpaired) electrons. The SMILES string of the molecule is C=C=C=C=C=C=C=Cc1ccc(N)cc1. The Morgan fingerprint density at radius 2 is 1.67 bits per heavy atom. The van der Waals surface area contributed by atoms with E-state index in [0.717, 1.165) is 11.3 Å². The zero-order chi connectivity index (χ0) is 10.9. The smallest absolute Gasteiger partial charge is 0.0314 e. The van der Waals surface area contributed by atoms with Crippen LogP contribution in [-0.4, -0.2) is 0 Å². The number of nitrogens with two attached hydrogens (primary N) is 1. The van der Waals surface area contributed by atoms with Crippen LogP contribution in [0.2, 0.25) is 0 Å². The standard InChI is InChI=1S/C14H9N/c1-2-3-4-5-6-7-8-13-9-11-14(15)12-10-13/h8-12H,1,15H2. The van der Waals surface area contributed by atoms with Gasteiger partial charge in [0.05, 0.1) is 0 Å². The fraction of sp³-hybridized carbons (Fsp3) is 0. The second-order valence-corrected chi connectivity index (χ2v) is 2.63. The molecule has 0 saturated heterocycles. The van der Waals surface area contributed by atoms with Gasteiger partial charge in [0.15, 0.2) is 0 Å². The molecule has 0 spiro atoms. The molecule has 0 unspecified atom stereocenters. The van der Waals surface area contributed by atoms with Crippen molar-refractivity contribution in [2.24, 2.45) is 0 Å². The predicted molar refractivity (Wildman–Crippen MR) is 62.0 cm³/mol. The molecular weight excluding hydrogens is 182 g/mol. The molecule has 1 aromatic rings. The summed E-state index contributed by atoms with van der Waals surface area (Å²) in [6, 6.07) is 7.45. The summed E-state index contributed by atoms with van der Waals surface area (Å²) in [4.78, 5) is 0. The van der Waals surface area contributed by atoms with E-state index < -0.39 is 0 Å². The van der Waals surface area contributed by atoms with Crippen LogP contribution < -0.4 is 5.73 Å². The Bertz CT molecular complexity index is 554. The maximum Gasteiger partial charge on any atom is 0.0314 e. The van der Waals surface area contributed by atoms with Crippen LogP contribution in [-0.2, 0) is 0 Å². The minimum absolute atomic E-state index is 0.741. The lowest BCUT2D eigenvalue weighted by Gasteiger charge is -1.91. The maximum absolute atomic E-state index is 5.54. The average molecular weight is 191 g/mol. The Kier molecular flexibility index (Phi) is 4.19. The number of rotatable bonds is 1. The van der Waals surface area contributed by atoms with Crippen LogP contribution in [0.3, 0.4) is 0 Å². The van der Waals surface area contributed by atoms with Gasteiger partial charge in [-0.25, -0.2) is 0 Å². The van der Waals surface area contributed by atoms with Crippen molar-refractivity contribution >= 4 is 11.8 Å². The summed E-state index contributed by atoms with van der Waals surface area (Å²) in [6.45, 7) is 3.33. The molecular formula is C14H9N. The molecule has 1 aromatic carbocycles. The monoisotopic (exact) mass is 191 g/mol. The summed E-state index contributed by atoms with van der Waals surface area (Å²) >= 11 is 0. The van der Waals surface area contributed by atoms with Gasteiger partial charge in [0.1, 0.15) is 0 Å². The van der Waals surface area contributed by atoms with Crippen molar-refractivity contribution in [2.45, 2.75) is 0 Å². The molecule has 2 N–H and O–H groups in total. The highest BCUT2D eigenvalue weighted by atomic mass is 14.5. The van der Waals surface area contributed by atoms with Gasteiger partial charge in [-0.1, -0.05) is 23.6 Å². The van der Waals surface area contributed by atoms with Gasteiger partial charge in [-0.2, -0.15) is 0 Å². The van der Waals surface area contributed by atoms with Gasteiger partial charge in [0, 0.05) is 5.69 Å². The lowest BCUT2D eigenvalue weighted by atomic mass is 10.2. The van der Waals surface area contributed by atoms with E-state index in [1.165, 1.54) is 0 Å². The second-order valence-electron chi connectivity index (χ2n) is 2.63. The van der Waals surface area contributed by atoms with E-state index >= 15 is 0 Å². The Morgan fingerprint density at radius 3 is 2.33 bits per heavy atom. The number of hydrogen-bond donors (Lipinski definition) is 1. The third-order valence-electron chi connectivity index (χ3n) is 1.52. The molecule has 1 rings (SSSR count). The van der Waals surface area contributed by atoms with Gasteiger partial charge in [-0.05, 0) is 53.3 Å². The number of nitrogen functional groups attached to an aromatic ring is 1. The predicted octanol–water partition coefficient (Wildman–Crippen LogP) is 2.84. The molecule has 1 nitrogen and oxygen atoms in total. The second kappa shape index (κ2) is 5.98. The van der Waals surface area contributed by atoms with E-state index in [9.17, 15) is 0 Å². The van der Waals surface area contributed by atoms with E-state index in [0.29, 0.717) is 0 Å². The molecule has 70 valence electrons. The zero-order valence-corrected chi connectivity index (χ0v) is 8.17. The molecule has 0 fully saturated rings. The normalized spacial score (nSPS) is 6.93. The lowest BCUT2D eigenvalue weighted by molar-refractivity contribution is 1.65. The van der Waals surface area contributed by atoms with Crippen LogP contribution in [0.1, 0.15) is 5.56 Å². The Morgan fingerprint density at radius 1 is 1.00 bits per heavy atom. The molecule has 1 heteroatoms. The third-order valence-corrected chi connectivity index (χ3v) is 1.52. The first-order valence-electron chi connectivity index (χ1n) is 4.29. The molecule has 0 aromatic heterocycles. The minimum atomic E-state index is 0.741. The molecule has 0 heterocycles. The third kappa shape index (κ3) is 4.28. The quantitative estimate of drug-likeness (QED) is 0.536. The highest BCUT2D eigenvalue weighted by Crippen LogP contribution is 2.05. The Balaban J connectivity index is 3.01. The summed E-state index contributed by atoms with van der Waals surface area (Å²) in [5.74, 6) is 0. The first kappa shape index (κ1) is 10.5. The van der Waals surface area contributed by atoms with E-state index in [2.05, 4.69) is 41.0 Å².